The lowest BCUT2D eigenvalue weighted by Gasteiger charge is -2.07. The number of carbonyl (C=O) groups is 2. The molecule has 1 heterocycles. The predicted octanol–water partition coefficient (Wildman–Crippen LogP) is 2.48. The van der Waals surface area contributed by atoms with Crippen LogP contribution in [0.15, 0.2) is 39.6 Å². The van der Waals surface area contributed by atoms with Crippen molar-refractivity contribution in [2.75, 3.05) is 11.9 Å². The summed E-state index contributed by atoms with van der Waals surface area (Å²) in [6, 6.07) is 6.90. The summed E-state index contributed by atoms with van der Waals surface area (Å²) in [6.45, 7) is 2.16. The first-order valence-corrected chi connectivity index (χ1v) is 10.1. The number of nitrogens with one attached hydrogen (secondary N) is 2. The number of carboxylic acids is 1. The van der Waals surface area contributed by atoms with Crippen LogP contribution in [-0.2, 0) is 16.4 Å². The van der Waals surface area contributed by atoms with E-state index in [1.807, 2.05) is 0 Å². The summed E-state index contributed by atoms with van der Waals surface area (Å²) >= 11 is 0. The van der Waals surface area contributed by atoms with Crippen LogP contribution in [0.4, 0.5) is 5.69 Å². The molecule has 1 fully saturated rings. The second kappa shape index (κ2) is 7.53. The number of aromatic carboxylic acids is 1. The van der Waals surface area contributed by atoms with E-state index in [4.69, 9.17) is 9.52 Å². The van der Waals surface area contributed by atoms with Crippen LogP contribution >= 0.6 is 0 Å². The molecule has 0 spiro atoms. The summed E-state index contributed by atoms with van der Waals surface area (Å²) < 4.78 is 32.2. The molecule has 1 aliphatic rings. The van der Waals surface area contributed by atoms with Crippen molar-refractivity contribution in [1.29, 1.82) is 0 Å². The van der Waals surface area contributed by atoms with E-state index in [0.717, 1.165) is 12.8 Å². The summed E-state index contributed by atoms with van der Waals surface area (Å²) in [4.78, 5) is 23.5. The monoisotopic (exact) mass is 392 g/mol. The van der Waals surface area contributed by atoms with E-state index >= 15 is 0 Å². The smallest absolute Gasteiger partial charge is 0.339 e. The van der Waals surface area contributed by atoms with Crippen LogP contribution in [-0.4, -0.2) is 31.9 Å². The van der Waals surface area contributed by atoms with Crippen molar-refractivity contribution in [3.63, 3.8) is 0 Å². The van der Waals surface area contributed by atoms with Gasteiger partial charge in [-0.1, -0.05) is 6.92 Å². The molecule has 1 amide bonds. The van der Waals surface area contributed by atoms with Gasteiger partial charge in [0.15, 0.2) is 5.76 Å². The Morgan fingerprint density at radius 3 is 2.41 bits per heavy atom. The van der Waals surface area contributed by atoms with E-state index in [1.54, 1.807) is 6.92 Å². The van der Waals surface area contributed by atoms with Crippen LogP contribution in [0.25, 0.3) is 0 Å². The van der Waals surface area contributed by atoms with Crippen molar-refractivity contribution in [2.45, 2.75) is 31.1 Å². The lowest BCUT2D eigenvalue weighted by Crippen LogP contribution is -2.25. The average molecular weight is 392 g/mol. The van der Waals surface area contributed by atoms with E-state index in [9.17, 15) is 18.0 Å². The highest BCUT2D eigenvalue weighted by Crippen LogP contribution is 2.28. The van der Waals surface area contributed by atoms with Gasteiger partial charge in [0, 0.05) is 24.7 Å². The Hall–Kier alpha value is -2.65. The van der Waals surface area contributed by atoms with Crippen LogP contribution in [0.5, 0.6) is 0 Å². The Bertz CT molecular complexity index is 958. The molecule has 0 unspecified atom stereocenters. The zero-order valence-electron chi connectivity index (χ0n) is 14.7. The maximum absolute atomic E-state index is 12.3. The number of benzene rings is 1. The van der Waals surface area contributed by atoms with E-state index in [1.165, 1.54) is 30.3 Å². The molecule has 0 radical (unpaired) electrons. The van der Waals surface area contributed by atoms with Gasteiger partial charge < -0.3 is 14.8 Å². The number of carboxylic acid groups (broad SMARTS) is 1. The molecule has 2 aromatic rings. The minimum absolute atomic E-state index is 0.0502. The van der Waals surface area contributed by atoms with Gasteiger partial charge in [-0.2, -0.15) is 0 Å². The van der Waals surface area contributed by atoms with Gasteiger partial charge in [0.1, 0.15) is 11.3 Å². The normalized spacial score (nSPS) is 14.1. The molecule has 1 aliphatic carbocycles. The molecule has 144 valence electrons. The first-order chi connectivity index (χ1) is 12.8. The number of sulfonamides is 1. The topological polar surface area (TPSA) is 126 Å². The van der Waals surface area contributed by atoms with Gasteiger partial charge in [0.2, 0.25) is 10.0 Å². The lowest BCUT2D eigenvalue weighted by molar-refractivity contribution is 0.0694. The number of hydrogen-bond acceptors (Lipinski definition) is 5. The Morgan fingerprint density at radius 1 is 1.22 bits per heavy atom. The number of rotatable bonds is 8. The fourth-order valence-electron chi connectivity index (χ4n) is 2.53. The Morgan fingerprint density at radius 2 is 1.89 bits per heavy atom. The number of amides is 1. The van der Waals surface area contributed by atoms with E-state index in [0.29, 0.717) is 24.6 Å². The maximum atomic E-state index is 12.3. The molecule has 3 N–H and O–H groups in total. The molecule has 1 aromatic heterocycles. The second-order valence-corrected chi connectivity index (χ2v) is 8.15. The fraction of sp³-hybridized carbons (Fsp3) is 0.333. The summed E-state index contributed by atoms with van der Waals surface area (Å²) in [5.74, 6) is -1.25. The molecule has 0 aliphatic heterocycles. The Balaban J connectivity index is 1.69. The quantitative estimate of drug-likeness (QED) is 0.634. The fourth-order valence-corrected chi connectivity index (χ4v) is 3.64. The molecule has 0 bridgehead atoms. The first kappa shape index (κ1) is 19.1. The highest BCUT2D eigenvalue weighted by atomic mass is 32.2. The van der Waals surface area contributed by atoms with Crippen LogP contribution in [0, 0.1) is 5.92 Å². The van der Waals surface area contributed by atoms with E-state index < -0.39 is 21.9 Å². The molecular formula is C18H20N2O6S. The van der Waals surface area contributed by atoms with Crippen molar-refractivity contribution in [3.8, 4) is 0 Å². The zero-order chi connectivity index (χ0) is 19.6. The SMILES string of the molecule is CCc1oc(C(=O)Nc2ccc(S(=O)(=O)NCC3CC3)cc2)cc1C(=O)O. The van der Waals surface area contributed by atoms with Crippen LogP contribution < -0.4 is 10.0 Å². The van der Waals surface area contributed by atoms with Crippen molar-refractivity contribution < 1.29 is 27.5 Å². The Kier molecular flexibility index (Phi) is 5.33. The largest absolute Gasteiger partial charge is 0.478 e. The predicted molar refractivity (Wildman–Crippen MR) is 97.4 cm³/mol. The summed E-state index contributed by atoms with van der Waals surface area (Å²) in [5, 5.41) is 11.7. The second-order valence-electron chi connectivity index (χ2n) is 6.38. The van der Waals surface area contributed by atoms with Gasteiger partial charge in [-0.05, 0) is 43.0 Å². The van der Waals surface area contributed by atoms with Crippen LogP contribution in [0.1, 0.15) is 46.4 Å². The first-order valence-electron chi connectivity index (χ1n) is 8.57. The molecule has 9 heteroatoms. The molecule has 1 aromatic carbocycles. The minimum Gasteiger partial charge on any atom is -0.478 e. The molecule has 1 saturated carbocycles. The molecule has 0 saturated heterocycles. The van der Waals surface area contributed by atoms with Crippen molar-refractivity contribution >= 4 is 27.6 Å². The maximum Gasteiger partial charge on any atom is 0.339 e. The van der Waals surface area contributed by atoms with E-state index in [-0.39, 0.29) is 22.0 Å². The third kappa shape index (κ3) is 4.55. The van der Waals surface area contributed by atoms with Crippen molar-refractivity contribution in [3.05, 3.63) is 47.4 Å². The van der Waals surface area contributed by atoms with Crippen LogP contribution in [0.3, 0.4) is 0 Å². The molecule has 27 heavy (non-hydrogen) atoms. The minimum atomic E-state index is -3.57. The Labute approximate surface area is 156 Å². The molecule has 0 atom stereocenters. The standard InChI is InChI=1S/C18H20N2O6S/c1-2-15-14(18(22)23)9-16(26-15)17(21)20-12-5-7-13(8-6-12)27(24,25)19-10-11-3-4-11/h5-9,11,19H,2-4,10H2,1H3,(H,20,21)(H,22,23). The van der Waals surface area contributed by atoms with E-state index in [2.05, 4.69) is 10.0 Å². The third-order valence-electron chi connectivity index (χ3n) is 4.27. The number of furan rings is 1. The number of anilines is 1. The van der Waals surface area contributed by atoms with Crippen LogP contribution in [0.2, 0.25) is 0 Å². The van der Waals surface area contributed by atoms with Gasteiger partial charge >= 0.3 is 5.97 Å². The lowest BCUT2D eigenvalue weighted by atomic mass is 10.2. The number of hydrogen-bond donors (Lipinski definition) is 3. The van der Waals surface area contributed by atoms with Crippen molar-refractivity contribution in [2.24, 2.45) is 5.92 Å². The van der Waals surface area contributed by atoms with Gasteiger partial charge in [-0.3, -0.25) is 4.79 Å². The highest BCUT2D eigenvalue weighted by Gasteiger charge is 2.24. The van der Waals surface area contributed by atoms with Gasteiger partial charge in [0.25, 0.3) is 5.91 Å². The number of aryl methyl sites for hydroxylation is 1. The number of carbonyl (C=O) groups excluding carboxylic acids is 1. The third-order valence-corrected chi connectivity index (χ3v) is 5.71. The summed E-state index contributed by atoms with van der Waals surface area (Å²) in [6.07, 6.45) is 2.43. The summed E-state index contributed by atoms with van der Waals surface area (Å²) in [7, 11) is -3.57. The van der Waals surface area contributed by atoms with Crippen molar-refractivity contribution in [1.82, 2.24) is 4.72 Å². The average Bonchev–Trinajstić information content (AvgIpc) is 3.36. The van der Waals surface area contributed by atoms with Gasteiger partial charge in [-0.25, -0.2) is 17.9 Å². The molecular weight excluding hydrogens is 372 g/mol. The summed E-state index contributed by atoms with van der Waals surface area (Å²) in [5.41, 5.74) is 0.318. The zero-order valence-corrected chi connectivity index (χ0v) is 15.5. The van der Waals surface area contributed by atoms with Gasteiger partial charge in [-0.15, -0.1) is 0 Å². The highest BCUT2D eigenvalue weighted by molar-refractivity contribution is 7.89. The molecule has 3 rings (SSSR count). The molecule has 8 nitrogen and oxygen atoms in total. The van der Waals surface area contributed by atoms with Gasteiger partial charge in [0.05, 0.1) is 4.90 Å².